The van der Waals surface area contributed by atoms with E-state index in [9.17, 15) is 20.1 Å². The maximum Gasteiger partial charge on any atom is 0.120 e. The second-order valence-electron chi connectivity index (χ2n) is 6.51. The molecule has 132 valence electrons. The third-order valence-electron chi connectivity index (χ3n) is 4.59. The van der Waals surface area contributed by atoms with Crippen LogP contribution in [-0.4, -0.2) is 39.9 Å². The van der Waals surface area contributed by atoms with Gasteiger partial charge >= 0.3 is 0 Å². The van der Waals surface area contributed by atoms with Crippen LogP contribution >= 0.6 is 0 Å². The van der Waals surface area contributed by atoms with Crippen LogP contribution in [0.3, 0.4) is 0 Å². The van der Waals surface area contributed by atoms with E-state index in [-0.39, 0.29) is 11.8 Å². The van der Waals surface area contributed by atoms with Gasteiger partial charge in [0.2, 0.25) is 0 Å². The Morgan fingerprint density at radius 2 is 1.91 bits per heavy atom. The molecule has 3 N–H and O–H groups in total. The van der Waals surface area contributed by atoms with Crippen molar-refractivity contribution < 1.29 is 20.1 Å². The van der Waals surface area contributed by atoms with E-state index < -0.39 is 18.3 Å². The van der Waals surface area contributed by atoms with E-state index in [0.29, 0.717) is 19.3 Å². The fourth-order valence-corrected chi connectivity index (χ4v) is 3.16. The standard InChI is InChI=1S/C19H32O4/c1-2-3-9-15(21)11-12-17-16(18(22)14-19(17)23)10-7-5-4-6-8-13-20/h5,7,11-13,15-19,21-23H,2-4,6,8-10,14H2,1H3/b7-5-,12-11+/t15-,16+,17+,18-,19+/m0/s1. The first-order valence-corrected chi connectivity index (χ1v) is 8.91. The lowest BCUT2D eigenvalue weighted by Crippen LogP contribution is -2.20. The van der Waals surface area contributed by atoms with E-state index >= 15 is 0 Å². The zero-order valence-corrected chi connectivity index (χ0v) is 14.2. The Morgan fingerprint density at radius 1 is 1.13 bits per heavy atom. The number of unbranched alkanes of at least 4 members (excludes halogenated alkanes) is 3. The van der Waals surface area contributed by atoms with Gasteiger partial charge in [-0.3, -0.25) is 0 Å². The highest BCUT2D eigenvalue weighted by Crippen LogP contribution is 2.36. The predicted molar refractivity (Wildman–Crippen MR) is 92.0 cm³/mol. The van der Waals surface area contributed by atoms with Gasteiger partial charge in [0.25, 0.3) is 0 Å². The van der Waals surface area contributed by atoms with E-state index in [1.807, 2.05) is 18.2 Å². The van der Waals surface area contributed by atoms with E-state index in [1.54, 1.807) is 6.08 Å². The molecule has 0 spiro atoms. The van der Waals surface area contributed by atoms with E-state index in [1.165, 1.54) is 0 Å². The Kier molecular flexibility index (Phi) is 10.1. The van der Waals surface area contributed by atoms with Gasteiger partial charge in [-0.1, -0.05) is 44.1 Å². The van der Waals surface area contributed by atoms with Gasteiger partial charge < -0.3 is 20.1 Å². The molecule has 0 radical (unpaired) electrons. The van der Waals surface area contributed by atoms with Crippen LogP contribution in [-0.2, 0) is 4.79 Å². The quantitative estimate of drug-likeness (QED) is 0.310. The lowest BCUT2D eigenvalue weighted by atomic mass is 9.89. The molecule has 0 aromatic rings. The topological polar surface area (TPSA) is 77.8 Å². The molecule has 4 nitrogen and oxygen atoms in total. The highest BCUT2D eigenvalue weighted by Gasteiger charge is 2.39. The van der Waals surface area contributed by atoms with Gasteiger partial charge in [-0.2, -0.15) is 0 Å². The van der Waals surface area contributed by atoms with Crippen LogP contribution in [0.25, 0.3) is 0 Å². The summed E-state index contributed by atoms with van der Waals surface area (Å²) in [6.07, 6.45) is 13.3. The molecule has 1 aliphatic carbocycles. The first-order valence-electron chi connectivity index (χ1n) is 8.91. The Labute approximate surface area is 139 Å². The normalized spacial score (nSPS) is 29.6. The predicted octanol–water partition coefficient (Wildman–Crippen LogP) is 2.77. The lowest BCUT2D eigenvalue weighted by molar-refractivity contribution is -0.107. The number of hydrogen-bond acceptors (Lipinski definition) is 4. The number of aliphatic hydroxyl groups is 3. The smallest absolute Gasteiger partial charge is 0.120 e. The molecule has 0 amide bonds. The second kappa shape index (κ2) is 11.5. The Bertz CT molecular complexity index is 378. The maximum absolute atomic E-state index is 10.2. The Balaban J connectivity index is 2.50. The average molecular weight is 324 g/mol. The molecule has 0 aromatic heterocycles. The van der Waals surface area contributed by atoms with Crippen LogP contribution in [0.2, 0.25) is 0 Å². The molecule has 5 atom stereocenters. The third-order valence-corrected chi connectivity index (χ3v) is 4.59. The molecule has 0 aromatic carbocycles. The molecule has 1 rings (SSSR count). The molecule has 0 bridgehead atoms. The first kappa shape index (κ1) is 20.1. The number of carbonyl (C=O) groups excluding carboxylic acids is 1. The van der Waals surface area contributed by atoms with Crippen LogP contribution in [0.1, 0.15) is 58.3 Å². The molecule has 0 heterocycles. The number of hydrogen-bond donors (Lipinski definition) is 3. The molecule has 0 unspecified atom stereocenters. The molecule has 0 saturated heterocycles. The highest BCUT2D eigenvalue weighted by atomic mass is 16.3. The van der Waals surface area contributed by atoms with Gasteiger partial charge in [0, 0.05) is 18.8 Å². The summed E-state index contributed by atoms with van der Waals surface area (Å²) in [7, 11) is 0. The summed E-state index contributed by atoms with van der Waals surface area (Å²) >= 11 is 0. The average Bonchev–Trinajstić information content (AvgIpc) is 2.80. The minimum absolute atomic E-state index is 0.0121. The van der Waals surface area contributed by atoms with E-state index in [4.69, 9.17) is 0 Å². The summed E-state index contributed by atoms with van der Waals surface area (Å²) in [6, 6.07) is 0. The number of carbonyl (C=O) groups is 1. The van der Waals surface area contributed by atoms with Crippen LogP contribution in [0.4, 0.5) is 0 Å². The Morgan fingerprint density at radius 3 is 2.61 bits per heavy atom. The van der Waals surface area contributed by atoms with Crippen molar-refractivity contribution in [3.63, 3.8) is 0 Å². The molecular formula is C19H32O4. The van der Waals surface area contributed by atoms with Crippen LogP contribution in [0, 0.1) is 11.8 Å². The zero-order chi connectivity index (χ0) is 17.1. The fraction of sp³-hybridized carbons (Fsp3) is 0.737. The zero-order valence-electron chi connectivity index (χ0n) is 14.2. The van der Waals surface area contributed by atoms with Gasteiger partial charge in [-0.25, -0.2) is 0 Å². The van der Waals surface area contributed by atoms with E-state index in [0.717, 1.165) is 38.4 Å². The molecule has 1 fully saturated rings. The SMILES string of the molecule is CCCC[C@H](O)/C=C/[C@@H]1[C@@H](C/C=C\CCCC=O)[C@@H](O)C[C@H]1O. The van der Waals surface area contributed by atoms with Gasteiger partial charge in [0.05, 0.1) is 18.3 Å². The Hall–Kier alpha value is -0.970. The number of aliphatic hydroxyl groups excluding tert-OH is 3. The molecular weight excluding hydrogens is 292 g/mol. The van der Waals surface area contributed by atoms with Crippen LogP contribution < -0.4 is 0 Å². The van der Waals surface area contributed by atoms with Crippen molar-refractivity contribution in [1.29, 1.82) is 0 Å². The van der Waals surface area contributed by atoms with Gasteiger partial charge in [0.1, 0.15) is 6.29 Å². The molecule has 0 aliphatic heterocycles. The van der Waals surface area contributed by atoms with Gasteiger partial charge in [-0.15, -0.1) is 0 Å². The summed E-state index contributed by atoms with van der Waals surface area (Å²) < 4.78 is 0. The van der Waals surface area contributed by atoms with Gasteiger partial charge in [-0.05, 0) is 31.6 Å². The van der Waals surface area contributed by atoms with Crippen molar-refractivity contribution in [3.05, 3.63) is 24.3 Å². The highest BCUT2D eigenvalue weighted by molar-refractivity contribution is 5.49. The van der Waals surface area contributed by atoms with Crippen molar-refractivity contribution in [3.8, 4) is 0 Å². The first-order chi connectivity index (χ1) is 11.1. The fourth-order valence-electron chi connectivity index (χ4n) is 3.16. The summed E-state index contributed by atoms with van der Waals surface area (Å²) in [5.74, 6) is -0.122. The number of allylic oxidation sites excluding steroid dienone is 2. The summed E-state index contributed by atoms with van der Waals surface area (Å²) in [6.45, 7) is 2.09. The van der Waals surface area contributed by atoms with Crippen molar-refractivity contribution in [2.24, 2.45) is 11.8 Å². The van der Waals surface area contributed by atoms with Crippen LogP contribution in [0.5, 0.6) is 0 Å². The van der Waals surface area contributed by atoms with Crippen molar-refractivity contribution >= 4 is 6.29 Å². The lowest BCUT2D eigenvalue weighted by Gasteiger charge is -2.19. The van der Waals surface area contributed by atoms with Crippen molar-refractivity contribution in [1.82, 2.24) is 0 Å². The largest absolute Gasteiger partial charge is 0.393 e. The minimum atomic E-state index is -0.548. The molecule has 1 saturated carbocycles. The van der Waals surface area contributed by atoms with Crippen molar-refractivity contribution in [2.45, 2.75) is 76.6 Å². The third kappa shape index (κ3) is 7.42. The molecule has 4 heteroatoms. The molecule has 1 aliphatic rings. The summed E-state index contributed by atoms with van der Waals surface area (Å²) in [5.41, 5.74) is 0. The summed E-state index contributed by atoms with van der Waals surface area (Å²) in [5, 5.41) is 30.2. The van der Waals surface area contributed by atoms with Crippen LogP contribution in [0.15, 0.2) is 24.3 Å². The maximum atomic E-state index is 10.2. The van der Waals surface area contributed by atoms with Gasteiger partial charge in [0.15, 0.2) is 0 Å². The van der Waals surface area contributed by atoms with E-state index in [2.05, 4.69) is 6.92 Å². The summed E-state index contributed by atoms with van der Waals surface area (Å²) in [4.78, 5) is 10.2. The number of aldehydes is 1. The van der Waals surface area contributed by atoms with Crippen molar-refractivity contribution in [2.75, 3.05) is 0 Å². The second-order valence-corrected chi connectivity index (χ2v) is 6.51. The minimum Gasteiger partial charge on any atom is -0.393 e. The molecule has 23 heavy (non-hydrogen) atoms. The monoisotopic (exact) mass is 324 g/mol. The number of rotatable bonds is 11.